The molecule has 1 heteroatoms. The van der Waals surface area contributed by atoms with E-state index in [1.165, 1.54) is 45.8 Å². The molecule has 1 nitrogen and oxygen atoms in total. The van der Waals surface area contributed by atoms with Gasteiger partial charge >= 0.3 is 0 Å². The SMILES string of the molecule is CC(C)CC(C)CC(C)C.Cc1c(C(C)C)ccc2c3ccccc3n(C(C)C)c12. The number of fused-ring (bicyclic) bond motifs is 3. The zero-order chi connectivity index (χ0) is 22.6. The van der Waals surface area contributed by atoms with Crippen LogP contribution in [0, 0.1) is 24.7 Å². The van der Waals surface area contributed by atoms with Crippen LogP contribution in [-0.2, 0) is 0 Å². The molecule has 0 atom stereocenters. The number of benzene rings is 2. The van der Waals surface area contributed by atoms with Crippen LogP contribution < -0.4 is 0 Å². The number of hydrogen-bond donors (Lipinski definition) is 0. The Morgan fingerprint density at radius 1 is 0.700 bits per heavy atom. The van der Waals surface area contributed by atoms with Gasteiger partial charge in [0.2, 0.25) is 0 Å². The van der Waals surface area contributed by atoms with E-state index < -0.39 is 0 Å². The molecule has 30 heavy (non-hydrogen) atoms. The van der Waals surface area contributed by atoms with E-state index in [-0.39, 0.29) is 0 Å². The van der Waals surface area contributed by atoms with E-state index in [2.05, 4.69) is 110 Å². The molecule has 0 saturated carbocycles. The van der Waals surface area contributed by atoms with Gasteiger partial charge in [0.05, 0.1) is 5.52 Å². The highest BCUT2D eigenvalue weighted by Gasteiger charge is 2.16. The molecule has 1 aromatic heterocycles. The Balaban J connectivity index is 0.000000274. The first kappa shape index (κ1) is 24.5. The highest BCUT2D eigenvalue weighted by Crippen LogP contribution is 2.36. The lowest BCUT2D eigenvalue weighted by Crippen LogP contribution is -2.03. The Kier molecular flexibility index (Phi) is 8.59. The zero-order valence-electron chi connectivity index (χ0n) is 21.2. The van der Waals surface area contributed by atoms with Gasteiger partial charge in [-0.1, -0.05) is 78.8 Å². The average molecular weight is 408 g/mol. The molecule has 0 N–H and O–H groups in total. The van der Waals surface area contributed by atoms with Crippen molar-refractivity contribution < 1.29 is 0 Å². The molecule has 0 radical (unpaired) electrons. The molecule has 0 fully saturated rings. The first-order chi connectivity index (χ1) is 14.0. The van der Waals surface area contributed by atoms with Crippen molar-refractivity contribution in [3.63, 3.8) is 0 Å². The highest BCUT2D eigenvalue weighted by atomic mass is 15.0. The van der Waals surface area contributed by atoms with Crippen molar-refractivity contribution in [3.05, 3.63) is 47.5 Å². The molecule has 0 unspecified atom stereocenters. The van der Waals surface area contributed by atoms with Gasteiger partial charge in [0.25, 0.3) is 0 Å². The van der Waals surface area contributed by atoms with Crippen LogP contribution in [0.5, 0.6) is 0 Å². The summed E-state index contributed by atoms with van der Waals surface area (Å²) in [6, 6.07) is 13.8. The van der Waals surface area contributed by atoms with Crippen LogP contribution in [0.2, 0.25) is 0 Å². The van der Waals surface area contributed by atoms with E-state index in [0.717, 1.165) is 17.8 Å². The Labute approximate surface area is 185 Å². The second-order valence-electron chi connectivity index (χ2n) is 10.7. The quantitative estimate of drug-likeness (QED) is 0.383. The molecule has 0 spiro atoms. The van der Waals surface area contributed by atoms with Crippen LogP contribution in [0.1, 0.15) is 98.2 Å². The van der Waals surface area contributed by atoms with E-state index in [1.54, 1.807) is 0 Å². The summed E-state index contributed by atoms with van der Waals surface area (Å²) in [5.41, 5.74) is 5.65. The molecular weight excluding hydrogens is 362 g/mol. The van der Waals surface area contributed by atoms with Crippen molar-refractivity contribution in [1.29, 1.82) is 0 Å². The number of nitrogens with zero attached hydrogens (tertiary/aromatic N) is 1. The maximum atomic E-state index is 2.49. The molecule has 0 aliphatic rings. The normalized spacial score (nSPS) is 12.1. The lowest BCUT2D eigenvalue weighted by molar-refractivity contribution is 0.368. The predicted octanol–water partition coefficient (Wildman–Crippen LogP) is 9.52. The van der Waals surface area contributed by atoms with Gasteiger partial charge in [-0.15, -0.1) is 0 Å². The van der Waals surface area contributed by atoms with Gasteiger partial charge in [-0.05, 0) is 74.5 Å². The minimum absolute atomic E-state index is 0.471. The molecule has 3 rings (SSSR count). The number of aromatic nitrogens is 1. The van der Waals surface area contributed by atoms with Crippen LogP contribution >= 0.6 is 0 Å². The monoisotopic (exact) mass is 407 g/mol. The molecular formula is C29H45N. The van der Waals surface area contributed by atoms with Gasteiger partial charge in [0.1, 0.15) is 0 Å². The molecule has 166 valence electrons. The van der Waals surface area contributed by atoms with Gasteiger partial charge < -0.3 is 4.57 Å². The first-order valence-corrected chi connectivity index (χ1v) is 12.1. The second-order valence-corrected chi connectivity index (χ2v) is 10.7. The molecule has 0 aliphatic heterocycles. The van der Waals surface area contributed by atoms with Crippen LogP contribution in [0.25, 0.3) is 21.8 Å². The molecule has 0 amide bonds. The van der Waals surface area contributed by atoms with Crippen LogP contribution in [-0.4, -0.2) is 4.57 Å². The van der Waals surface area contributed by atoms with Crippen LogP contribution in [0.4, 0.5) is 0 Å². The van der Waals surface area contributed by atoms with Crippen LogP contribution in [0.3, 0.4) is 0 Å². The maximum Gasteiger partial charge on any atom is 0.0526 e. The third-order valence-electron chi connectivity index (χ3n) is 6.05. The maximum absolute atomic E-state index is 2.49. The third-order valence-corrected chi connectivity index (χ3v) is 6.05. The van der Waals surface area contributed by atoms with Crippen molar-refractivity contribution in [2.45, 2.75) is 94.0 Å². The summed E-state index contributed by atoms with van der Waals surface area (Å²) < 4.78 is 2.49. The number of aryl methyl sites for hydroxylation is 1. The van der Waals surface area contributed by atoms with Gasteiger partial charge in [-0.25, -0.2) is 0 Å². The standard InChI is InChI=1S/C19H23N.C10H22/c1-12(2)15-10-11-17-16-8-6-7-9-18(16)20(13(3)4)19(17)14(15)5;1-8(2)6-10(5)7-9(3)4/h6-13H,1-5H3;8-10H,6-7H2,1-5H3. The smallest absolute Gasteiger partial charge is 0.0526 e. The fourth-order valence-electron chi connectivity index (χ4n) is 5.14. The lowest BCUT2D eigenvalue weighted by atomic mass is 9.91. The van der Waals surface area contributed by atoms with E-state index >= 15 is 0 Å². The second kappa shape index (κ2) is 10.5. The highest BCUT2D eigenvalue weighted by molar-refractivity contribution is 6.09. The number of hydrogen-bond acceptors (Lipinski definition) is 0. The Morgan fingerprint density at radius 2 is 1.27 bits per heavy atom. The predicted molar refractivity (Wildman–Crippen MR) is 137 cm³/mol. The van der Waals surface area contributed by atoms with Crippen molar-refractivity contribution >= 4 is 21.8 Å². The molecule has 2 aromatic carbocycles. The minimum Gasteiger partial charge on any atom is -0.338 e. The van der Waals surface area contributed by atoms with Crippen molar-refractivity contribution in [3.8, 4) is 0 Å². The lowest BCUT2D eigenvalue weighted by Gasteiger charge is -2.16. The average Bonchev–Trinajstić information content (AvgIpc) is 2.96. The summed E-state index contributed by atoms with van der Waals surface area (Å²) in [4.78, 5) is 0. The summed E-state index contributed by atoms with van der Waals surface area (Å²) in [5, 5.41) is 2.76. The topological polar surface area (TPSA) is 4.93 Å². The van der Waals surface area contributed by atoms with Crippen molar-refractivity contribution in [1.82, 2.24) is 4.57 Å². The van der Waals surface area contributed by atoms with E-state index in [0.29, 0.717) is 12.0 Å². The molecule has 0 aliphatic carbocycles. The summed E-state index contributed by atoms with van der Waals surface area (Å²) in [5.74, 6) is 3.22. The van der Waals surface area contributed by atoms with Crippen molar-refractivity contribution in [2.24, 2.45) is 17.8 Å². The summed E-state index contributed by atoms with van der Waals surface area (Å²) >= 11 is 0. The van der Waals surface area contributed by atoms with E-state index in [1.807, 2.05) is 0 Å². The third kappa shape index (κ3) is 5.68. The molecule has 1 heterocycles. The molecule has 3 aromatic rings. The van der Waals surface area contributed by atoms with Gasteiger partial charge in [-0.2, -0.15) is 0 Å². The summed E-state index contributed by atoms with van der Waals surface area (Å²) in [6.07, 6.45) is 2.77. The Bertz CT molecular complexity index is 930. The van der Waals surface area contributed by atoms with Gasteiger partial charge in [0, 0.05) is 22.3 Å². The number of para-hydroxylation sites is 1. The summed E-state index contributed by atoms with van der Waals surface area (Å²) in [7, 11) is 0. The minimum atomic E-state index is 0.471. The fourth-order valence-corrected chi connectivity index (χ4v) is 5.14. The van der Waals surface area contributed by atoms with Crippen LogP contribution in [0.15, 0.2) is 36.4 Å². The Morgan fingerprint density at radius 3 is 1.77 bits per heavy atom. The molecule has 0 saturated heterocycles. The van der Waals surface area contributed by atoms with Gasteiger partial charge in [-0.3, -0.25) is 0 Å². The zero-order valence-corrected chi connectivity index (χ0v) is 21.2. The first-order valence-electron chi connectivity index (χ1n) is 12.1. The van der Waals surface area contributed by atoms with E-state index in [9.17, 15) is 0 Å². The van der Waals surface area contributed by atoms with Crippen molar-refractivity contribution in [2.75, 3.05) is 0 Å². The Hall–Kier alpha value is -1.76. The van der Waals surface area contributed by atoms with Gasteiger partial charge in [0.15, 0.2) is 0 Å². The fraction of sp³-hybridized carbons (Fsp3) is 0.586. The van der Waals surface area contributed by atoms with E-state index in [4.69, 9.17) is 0 Å². The largest absolute Gasteiger partial charge is 0.338 e. The molecule has 0 bridgehead atoms. The number of rotatable bonds is 6. The summed E-state index contributed by atoms with van der Waals surface area (Å²) in [6.45, 7) is 22.9.